The molecule has 1 N–H and O–H groups in total. The summed E-state index contributed by atoms with van der Waals surface area (Å²) in [7, 11) is 0. The maximum Gasteiger partial charge on any atom is 0.137 e. The van der Waals surface area contributed by atoms with Crippen LogP contribution in [0.5, 0.6) is 5.75 Å². The van der Waals surface area contributed by atoms with E-state index in [0.29, 0.717) is 18.1 Å². The number of imidazole rings is 1. The highest BCUT2D eigenvalue weighted by atomic mass is 16.5. The van der Waals surface area contributed by atoms with Gasteiger partial charge in [0.15, 0.2) is 0 Å². The molecule has 2 aromatic rings. The van der Waals surface area contributed by atoms with Gasteiger partial charge in [0.1, 0.15) is 12.4 Å². The predicted molar refractivity (Wildman–Crippen MR) is 57.9 cm³/mol. The van der Waals surface area contributed by atoms with Crippen molar-refractivity contribution in [1.29, 1.82) is 0 Å². The summed E-state index contributed by atoms with van der Waals surface area (Å²) >= 11 is 0. The first-order chi connectivity index (χ1) is 7.88. The van der Waals surface area contributed by atoms with E-state index in [1.807, 2.05) is 10.8 Å². The van der Waals surface area contributed by atoms with Gasteiger partial charge in [0.2, 0.25) is 0 Å². The fraction of sp³-hybridized carbons (Fsp3) is 0.273. The summed E-state index contributed by atoms with van der Waals surface area (Å²) < 4.78 is 7.43. The van der Waals surface area contributed by atoms with E-state index in [9.17, 15) is 0 Å². The quantitative estimate of drug-likeness (QED) is 0.809. The van der Waals surface area contributed by atoms with E-state index in [1.165, 1.54) is 0 Å². The van der Waals surface area contributed by atoms with Crippen LogP contribution >= 0.6 is 0 Å². The van der Waals surface area contributed by atoms with Crippen LogP contribution in [0.1, 0.15) is 5.69 Å². The smallest absolute Gasteiger partial charge is 0.137 e. The summed E-state index contributed by atoms with van der Waals surface area (Å²) in [4.78, 5) is 7.96. The van der Waals surface area contributed by atoms with E-state index in [-0.39, 0.29) is 6.61 Å². The number of aliphatic hydroxyl groups is 1. The first kappa shape index (κ1) is 10.6. The summed E-state index contributed by atoms with van der Waals surface area (Å²) in [6, 6.07) is 3.54. The van der Waals surface area contributed by atoms with Crippen LogP contribution in [0.2, 0.25) is 0 Å². The Morgan fingerprint density at radius 2 is 2.31 bits per heavy atom. The zero-order valence-corrected chi connectivity index (χ0v) is 8.78. The van der Waals surface area contributed by atoms with Crippen molar-refractivity contribution >= 4 is 0 Å². The van der Waals surface area contributed by atoms with Crippen molar-refractivity contribution in [3.8, 4) is 5.75 Å². The summed E-state index contributed by atoms with van der Waals surface area (Å²) in [6.45, 7) is 1.27. The molecule has 0 amide bonds. The second-order valence-electron chi connectivity index (χ2n) is 3.29. The van der Waals surface area contributed by atoms with E-state index in [1.54, 1.807) is 30.9 Å². The van der Waals surface area contributed by atoms with Crippen LogP contribution in [0.3, 0.4) is 0 Å². The summed E-state index contributed by atoms with van der Waals surface area (Å²) in [5.41, 5.74) is 0.641. The Labute approximate surface area is 93.3 Å². The van der Waals surface area contributed by atoms with Gasteiger partial charge < -0.3 is 14.4 Å². The third-order valence-electron chi connectivity index (χ3n) is 2.14. The van der Waals surface area contributed by atoms with Crippen molar-refractivity contribution in [3.63, 3.8) is 0 Å². The molecule has 2 rings (SSSR count). The number of pyridine rings is 1. The maximum absolute atomic E-state index is 8.82. The number of hydrogen-bond acceptors (Lipinski definition) is 4. The lowest BCUT2D eigenvalue weighted by Crippen LogP contribution is -2.06. The third-order valence-corrected chi connectivity index (χ3v) is 2.14. The largest absolute Gasteiger partial charge is 0.490 e. The van der Waals surface area contributed by atoms with Gasteiger partial charge in [-0.1, -0.05) is 0 Å². The molecule has 0 fully saturated rings. The molecule has 0 bridgehead atoms. The van der Waals surface area contributed by atoms with E-state index in [0.717, 1.165) is 6.54 Å². The molecule has 5 heteroatoms. The number of aromatic nitrogens is 3. The molecule has 2 aromatic heterocycles. The monoisotopic (exact) mass is 219 g/mol. The normalized spacial score (nSPS) is 10.3. The van der Waals surface area contributed by atoms with Crippen molar-refractivity contribution in [2.75, 3.05) is 6.61 Å². The lowest BCUT2D eigenvalue weighted by Gasteiger charge is -2.06. The van der Waals surface area contributed by atoms with Crippen molar-refractivity contribution in [1.82, 2.24) is 14.5 Å². The highest BCUT2D eigenvalue weighted by Gasteiger charge is 1.96. The SMILES string of the molecule is OCc1ccc(OCCn2ccnc2)cn1. The van der Waals surface area contributed by atoms with Gasteiger partial charge in [-0.3, -0.25) is 4.98 Å². The Balaban J connectivity index is 1.81. The first-order valence-corrected chi connectivity index (χ1v) is 5.03. The highest BCUT2D eigenvalue weighted by Crippen LogP contribution is 2.08. The second-order valence-corrected chi connectivity index (χ2v) is 3.29. The number of nitrogens with zero attached hydrogens (tertiary/aromatic N) is 3. The van der Waals surface area contributed by atoms with Gasteiger partial charge in [0.25, 0.3) is 0 Å². The Hall–Kier alpha value is -1.88. The van der Waals surface area contributed by atoms with Crippen molar-refractivity contribution in [3.05, 3.63) is 42.7 Å². The van der Waals surface area contributed by atoms with Crippen molar-refractivity contribution in [2.45, 2.75) is 13.2 Å². The average molecular weight is 219 g/mol. The van der Waals surface area contributed by atoms with Crippen molar-refractivity contribution in [2.24, 2.45) is 0 Å². The zero-order valence-electron chi connectivity index (χ0n) is 8.78. The minimum absolute atomic E-state index is 0.0463. The number of hydrogen-bond donors (Lipinski definition) is 1. The van der Waals surface area contributed by atoms with Crippen LogP contribution in [0.25, 0.3) is 0 Å². The van der Waals surface area contributed by atoms with E-state index in [2.05, 4.69) is 9.97 Å². The molecular formula is C11H13N3O2. The molecule has 0 saturated heterocycles. The van der Waals surface area contributed by atoms with Crippen LogP contribution in [-0.4, -0.2) is 26.2 Å². The Kier molecular flexibility index (Phi) is 3.50. The van der Waals surface area contributed by atoms with Gasteiger partial charge >= 0.3 is 0 Å². The summed E-state index contributed by atoms with van der Waals surface area (Å²) in [6.07, 6.45) is 6.98. The Morgan fingerprint density at radius 1 is 1.38 bits per heavy atom. The summed E-state index contributed by atoms with van der Waals surface area (Å²) in [5.74, 6) is 0.706. The Bertz CT molecular complexity index is 411. The molecule has 0 atom stereocenters. The first-order valence-electron chi connectivity index (χ1n) is 5.03. The van der Waals surface area contributed by atoms with Gasteiger partial charge in [-0.05, 0) is 12.1 Å². The maximum atomic E-state index is 8.82. The molecule has 2 heterocycles. The Morgan fingerprint density at radius 3 is 2.94 bits per heavy atom. The van der Waals surface area contributed by atoms with Gasteiger partial charge in [-0.15, -0.1) is 0 Å². The molecule has 0 aliphatic heterocycles. The van der Waals surface area contributed by atoms with Gasteiger partial charge in [0, 0.05) is 12.4 Å². The number of ether oxygens (including phenoxy) is 1. The molecule has 0 unspecified atom stereocenters. The fourth-order valence-corrected chi connectivity index (χ4v) is 1.28. The molecule has 84 valence electrons. The third kappa shape index (κ3) is 2.80. The molecule has 0 aromatic carbocycles. The average Bonchev–Trinajstić information content (AvgIpc) is 2.83. The molecule has 16 heavy (non-hydrogen) atoms. The number of rotatable bonds is 5. The van der Waals surface area contributed by atoms with Crippen LogP contribution in [-0.2, 0) is 13.2 Å². The fourth-order valence-electron chi connectivity index (χ4n) is 1.28. The molecule has 0 spiro atoms. The standard InChI is InChI=1S/C11H13N3O2/c15-8-10-1-2-11(7-13-10)16-6-5-14-4-3-12-9-14/h1-4,7,9,15H,5-6,8H2. The molecule has 0 radical (unpaired) electrons. The lowest BCUT2D eigenvalue weighted by molar-refractivity contribution is 0.274. The zero-order chi connectivity index (χ0) is 11.2. The topological polar surface area (TPSA) is 60.2 Å². The van der Waals surface area contributed by atoms with Crippen LogP contribution < -0.4 is 4.74 Å². The molecule has 5 nitrogen and oxygen atoms in total. The van der Waals surface area contributed by atoms with Gasteiger partial charge in [-0.25, -0.2) is 4.98 Å². The van der Waals surface area contributed by atoms with Crippen LogP contribution in [0, 0.1) is 0 Å². The van der Waals surface area contributed by atoms with Crippen molar-refractivity contribution < 1.29 is 9.84 Å². The second kappa shape index (κ2) is 5.27. The number of aliphatic hydroxyl groups excluding tert-OH is 1. The minimum atomic E-state index is -0.0463. The lowest BCUT2D eigenvalue weighted by atomic mass is 10.3. The molecular weight excluding hydrogens is 206 g/mol. The predicted octanol–water partition coefficient (Wildman–Crippen LogP) is 0.849. The van der Waals surface area contributed by atoms with Crippen LogP contribution in [0.4, 0.5) is 0 Å². The summed E-state index contributed by atoms with van der Waals surface area (Å²) in [5, 5.41) is 8.82. The van der Waals surface area contributed by atoms with E-state index < -0.39 is 0 Å². The van der Waals surface area contributed by atoms with Gasteiger partial charge in [-0.2, -0.15) is 0 Å². The van der Waals surface area contributed by atoms with Gasteiger partial charge in [0.05, 0.1) is 31.4 Å². The molecule has 0 saturated carbocycles. The van der Waals surface area contributed by atoms with Crippen LogP contribution in [0.15, 0.2) is 37.1 Å². The molecule has 0 aliphatic carbocycles. The minimum Gasteiger partial charge on any atom is -0.490 e. The van der Waals surface area contributed by atoms with E-state index in [4.69, 9.17) is 9.84 Å². The molecule has 0 aliphatic rings. The van der Waals surface area contributed by atoms with E-state index >= 15 is 0 Å². The highest BCUT2D eigenvalue weighted by molar-refractivity contribution is 5.19.